The van der Waals surface area contributed by atoms with E-state index in [0.717, 1.165) is 0 Å². The van der Waals surface area contributed by atoms with E-state index in [9.17, 15) is 8.42 Å². The molecule has 0 saturated carbocycles. The molecule has 0 aromatic heterocycles. The second-order valence-electron chi connectivity index (χ2n) is 4.33. The first-order valence-corrected chi connectivity index (χ1v) is 6.18. The largest absolute Gasteiger partial charge is 0.315 e. The summed E-state index contributed by atoms with van der Waals surface area (Å²) in [5, 5.41) is 3.09. The van der Waals surface area contributed by atoms with Gasteiger partial charge in [0.15, 0.2) is 0 Å². The standard InChI is InChI=1S/C8H20N2O2S/c1-8(2,3)7(9-4)6-10-13(5,11)12/h7,9-10H,6H2,1-5H3/t7-/m1/s1. The Morgan fingerprint density at radius 3 is 2.00 bits per heavy atom. The molecule has 0 spiro atoms. The lowest BCUT2D eigenvalue weighted by Gasteiger charge is -2.30. The summed E-state index contributed by atoms with van der Waals surface area (Å²) in [6, 6.07) is 0.141. The molecule has 0 unspecified atom stereocenters. The highest BCUT2D eigenvalue weighted by atomic mass is 32.2. The molecule has 0 aromatic rings. The minimum atomic E-state index is -3.08. The second-order valence-corrected chi connectivity index (χ2v) is 6.16. The van der Waals surface area contributed by atoms with Crippen LogP contribution in [0.15, 0.2) is 0 Å². The van der Waals surface area contributed by atoms with Crippen molar-refractivity contribution in [3.8, 4) is 0 Å². The summed E-state index contributed by atoms with van der Waals surface area (Å²) in [6.45, 7) is 6.63. The Hall–Kier alpha value is -0.130. The summed E-state index contributed by atoms with van der Waals surface area (Å²) < 4.78 is 24.2. The van der Waals surface area contributed by atoms with Crippen molar-refractivity contribution in [2.45, 2.75) is 26.8 Å². The predicted octanol–water partition coefficient (Wildman–Crippen LogP) is 0.170. The molecule has 0 aliphatic heterocycles. The third-order valence-corrected chi connectivity index (χ3v) is 2.63. The zero-order valence-corrected chi connectivity index (χ0v) is 9.83. The van der Waals surface area contributed by atoms with Gasteiger partial charge in [-0.05, 0) is 12.5 Å². The molecule has 1 atom stereocenters. The van der Waals surface area contributed by atoms with Crippen molar-refractivity contribution in [1.82, 2.24) is 10.0 Å². The molecule has 0 bridgehead atoms. The molecule has 80 valence electrons. The highest BCUT2D eigenvalue weighted by Gasteiger charge is 2.23. The summed E-state index contributed by atoms with van der Waals surface area (Å²) in [4.78, 5) is 0. The molecule has 0 fully saturated rings. The zero-order chi connectivity index (χ0) is 10.7. The number of rotatable bonds is 4. The van der Waals surface area contributed by atoms with Crippen LogP contribution in [-0.2, 0) is 10.0 Å². The fourth-order valence-electron chi connectivity index (χ4n) is 1.08. The normalized spacial score (nSPS) is 15.8. The van der Waals surface area contributed by atoms with Crippen molar-refractivity contribution in [3.63, 3.8) is 0 Å². The highest BCUT2D eigenvalue weighted by molar-refractivity contribution is 7.88. The SMILES string of the molecule is CN[C@H](CNS(C)(=O)=O)C(C)(C)C. The minimum Gasteiger partial charge on any atom is -0.315 e. The number of hydrogen-bond acceptors (Lipinski definition) is 3. The second kappa shape index (κ2) is 4.39. The third kappa shape index (κ3) is 6.01. The van der Waals surface area contributed by atoms with Crippen LogP contribution < -0.4 is 10.0 Å². The molecule has 0 saturated heterocycles. The van der Waals surface area contributed by atoms with E-state index in [-0.39, 0.29) is 11.5 Å². The number of nitrogens with one attached hydrogen (secondary N) is 2. The van der Waals surface area contributed by atoms with Crippen molar-refractivity contribution >= 4 is 10.0 Å². The molecule has 0 radical (unpaired) electrons. The molecule has 4 nitrogen and oxygen atoms in total. The van der Waals surface area contributed by atoms with Crippen LogP contribution in [0.1, 0.15) is 20.8 Å². The van der Waals surface area contributed by atoms with Gasteiger partial charge in [-0.25, -0.2) is 13.1 Å². The first-order valence-electron chi connectivity index (χ1n) is 4.28. The van der Waals surface area contributed by atoms with E-state index in [1.54, 1.807) is 0 Å². The zero-order valence-electron chi connectivity index (χ0n) is 9.01. The Bertz CT molecular complexity index is 241. The van der Waals surface area contributed by atoms with E-state index in [1.165, 1.54) is 6.26 Å². The van der Waals surface area contributed by atoms with Crippen molar-refractivity contribution in [3.05, 3.63) is 0 Å². The topological polar surface area (TPSA) is 58.2 Å². The average molecular weight is 208 g/mol. The fourth-order valence-corrected chi connectivity index (χ4v) is 1.55. The number of likely N-dealkylation sites (N-methyl/N-ethyl adjacent to an activating group) is 1. The monoisotopic (exact) mass is 208 g/mol. The van der Waals surface area contributed by atoms with E-state index in [2.05, 4.69) is 30.8 Å². The smallest absolute Gasteiger partial charge is 0.208 e. The van der Waals surface area contributed by atoms with Crippen molar-refractivity contribution in [2.24, 2.45) is 5.41 Å². The van der Waals surface area contributed by atoms with Crippen molar-refractivity contribution in [2.75, 3.05) is 19.8 Å². The number of sulfonamides is 1. The van der Waals surface area contributed by atoms with Gasteiger partial charge in [-0.1, -0.05) is 20.8 Å². The highest BCUT2D eigenvalue weighted by Crippen LogP contribution is 2.18. The Morgan fingerprint density at radius 2 is 1.77 bits per heavy atom. The van der Waals surface area contributed by atoms with Gasteiger partial charge in [-0.15, -0.1) is 0 Å². The molecule has 0 amide bonds. The van der Waals surface area contributed by atoms with Gasteiger partial charge in [0.05, 0.1) is 6.26 Å². The van der Waals surface area contributed by atoms with Crippen LogP contribution in [0.2, 0.25) is 0 Å². The first-order chi connectivity index (χ1) is 5.67. The molecule has 13 heavy (non-hydrogen) atoms. The van der Waals surface area contributed by atoms with Crippen LogP contribution in [0.25, 0.3) is 0 Å². The van der Waals surface area contributed by atoms with Crippen LogP contribution in [0.3, 0.4) is 0 Å². The van der Waals surface area contributed by atoms with Crippen molar-refractivity contribution in [1.29, 1.82) is 0 Å². The lowest BCUT2D eigenvalue weighted by atomic mass is 9.87. The van der Waals surface area contributed by atoms with Gasteiger partial charge in [0.25, 0.3) is 0 Å². The van der Waals surface area contributed by atoms with E-state index < -0.39 is 10.0 Å². The Kier molecular flexibility index (Phi) is 4.35. The molecule has 0 rings (SSSR count). The van der Waals surface area contributed by atoms with Crippen molar-refractivity contribution < 1.29 is 8.42 Å². The molecule has 0 aliphatic carbocycles. The van der Waals surface area contributed by atoms with Gasteiger partial charge >= 0.3 is 0 Å². The molecule has 0 heterocycles. The van der Waals surface area contributed by atoms with Crippen LogP contribution in [-0.4, -0.2) is 34.3 Å². The summed E-state index contributed by atoms with van der Waals surface area (Å²) >= 11 is 0. The first kappa shape index (κ1) is 12.9. The molecular weight excluding hydrogens is 188 g/mol. The van der Waals surface area contributed by atoms with Crippen LogP contribution in [0.4, 0.5) is 0 Å². The fraction of sp³-hybridized carbons (Fsp3) is 1.00. The molecule has 0 aromatic carbocycles. The molecular formula is C8H20N2O2S. The van der Waals surface area contributed by atoms with Gasteiger partial charge in [0.1, 0.15) is 0 Å². The summed E-state index contributed by atoms with van der Waals surface area (Å²) in [7, 11) is -1.25. The maximum atomic E-state index is 10.8. The van der Waals surface area contributed by atoms with Gasteiger partial charge in [-0.2, -0.15) is 0 Å². The maximum Gasteiger partial charge on any atom is 0.208 e. The van der Waals surface area contributed by atoms with E-state index in [4.69, 9.17) is 0 Å². The maximum absolute atomic E-state index is 10.8. The Morgan fingerprint density at radius 1 is 1.31 bits per heavy atom. The quantitative estimate of drug-likeness (QED) is 0.692. The van der Waals surface area contributed by atoms with E-state index in [1.807, 2.05) is 7.05 Å². The van der Waals surface area contributed by atoms with Crippen LogP contribution in [0, 0.1) is 5.41 Å². The van der Waals surface area contributed by atoms with Gasteiger partial charge in [-0.3, -0.25) is 0 Å². The molecule has 5 heteroatoms. The van der Waals surface area contributed by atoms with Gasteiger partial charge in [0.2, 0.25) is 10.0 Å². The average Bonchev–Trinajstić information content (AvgIpc) is 1.82. The number of hydrogen-bond donors (Lipinski definition) is 2. The van der Waals surface area contributed by atoms with Gasteiger partial charge in [0, 0.05) is 12.6 Å². The lowest BCUT2D eigenvalue weighted by Crippen LogP contribution is -2.46. The van der Waals surface area contributed by atoms with Gasteiger partial charge < -0.3 is 5.32 Å². The van der Waals surface area contributed by atoms with E-state index in [0.29, 0.717) is 6.54 Å². The Labute approximate surface area is 81.2 Å². The lowest BCUT2D eigenvalue weighted by molar-refractivity contribution is 0.282. The third-order valence-electron chi connectivity index (χ3n) is 1.94. The summed E-state index contributed by atoms with van der Waals surface area (Å²) in [6.07, 6.45) is 1.17. The summed E-state index contributed by atoms with van der Waals surface area (Å²) in [5.74, 6) is 0. The molecule has 0 aliphatic rings. The van der Waals surface area contributed by atoms with E-state index >= 15 is 0 Å². The predicted molar refractivity (Wildman–Crippen MR) is 55.1 cm³/mol. The van der Waals surface area contributed by atoms with Crippen LogP contribution in [0.5, 0.6) is 0 Å². The van der Waals surface area contributed by atoms with Crippen LogP contribution >= 0.6 is 0 Å². The minimum absolute atomic E-state index is 0.0481. The Balaban J connectivity index is 4.17. The summed E-state index contributed by atoms with van der Waals surface area (Å²) in [5.41, 5.74) is 0.0481. The molecule has 2 N–H and O–H groups in total.